The number of hydrogen-bond donors (Lipinski definition) is 1. The topological polar surface area (TPSA) is 20.2 Å². The second-order valence-electron chi connectivity index (χ2n) is 2.32. The third-order valence-electron chi connectivity index (χ3n) is 1.13. The molecule has 0 atom stereocenters. The van der Waals surface area contributed by atoms with Crippen molar-refractivity contribution in [2.45, 2.75) is 22.7 Å². The normalized spacial score (nSPS) is 14.4. The Bertz CT molecular complexity index is 115. The SMILES string of the molecule is CC(C)C(Cl)(Cl)C(O)(Cl)Cl. The maximum Gasteiger partial charge on any atom is 0.248 e. The molecule has 0 saturated carbocycles. The summed E-state index contributed by atoms with van der Waals surface area (Å²) >= 11 is 21.8. The van der Waals surface area contributed by atoms with Gasteiger partial charge in [0.1, 0.15) is 0 Å². The van der Waals surface area contributed by atoms with E-state index in [-0.39, 0.29) is 5.92 Å². The van der Waals surface area contributed by atoms with E-state index in [0.717, 1.165) is 0 Å². The van der Waals surface area contributed by atoms with Crippen LogP contribution in [0, 0.1) is 5.92 Å². The lowest BCUT2D eigenvalue weighted by Gasteiger charge is -2.31. The zero-order valence-electron chi connectivity index (χ0n) is 5.54. The lowest BCUT2D eigenvalue weighted by atomic mass is 10.1. The third-order valence-corrected chi connectivity index (χ3v) is 3.53. The first-order valence-electron chi connectivity index (χ1n) is 2.67. The molecule has 0 aliphatic heterocycles. The van der Waals surface area contributed by atoms with Gasteiger partial charge in [-0.2, -0.15) is 0 Å². The fraction of sp³-hybridized carbons (Fsp3) is 1.00. The van der Waals surface area contributed by atoms with Gasteiger partial charge in [0.25, 0.3) is 0 Å². The molecular weight excluding hydrogens is 218 g/mol. The first-order valence-corrected chi connectivity index (χ1v) is 4.18. The number of aliphatic hydroxyl groups is 1. The predicted octanol–water partition coefficient (Wildman–Crippen LogP) is 2.94. The van der Waals surface area contributed by atoms with Gasteiger partial charge in [-0.1, -0.05) is 60.3 Å². The zero-order chi connectivity index (χ0) is 8.58. The molecule has 0 aromatic carbocycles. The summed E-state index contributed by atoms with van der Waals surface area (Å²) in [5, 5.41) is 8.98. The van der Waals surface area contributed by atoms with Crippen LogP contribution in [0.4, 0.5) is 0 Å². The summed E-state index contributed by atoms with van der Waals surface area (Å²) in [7, 11) is 0. The maximum atomic E-state index is 8.98. The molecular formula is C5H8Cl4O. The highest BCUT2D eigenvalue weighted by Gasteiger charge is 2.48. The van der Waals surface area contributed by atoms with Crippen LogP contribution in [0.3, 0.4) is 0 Å². The molecule has 0 aromatic rings. The third kappa shape index (κ3) is 2.31. The average Bonchev–Trinajstić information content (AvgIpc) is 1.62. The fourth-order valence-corrected chi connectivity index (χ4v) is 0.784. The minimum Gasteiger partial charge on any atom is -0.360 e. The van der Waals surface area contributed by atoms with Crippen molar-refractivity contribution in [2.75, 3.05) is 0 Å². The summed E-state index contributed by atoms with van der Waals surface area (Å²) in [6.07, 6.45) is 0. The Kier molecular flexibility index (Phi) is 3.60. The molecule has 0 radical (unpaired) electrons. The molecule has 1 N–H and O–H groups in total. The second-order valence-corrected chi connectivity index (χ2v) is 4.99. The summed E-state index contributed by atoms with van der Waals surface area (Å²) in [5.41, 5.74) is 0. The molecule has 0 bridgehead atoms. The van der Waals surface area contributed by atoms with Gasteiger partial charge in [0.05, 0.1) is 0 Å². The van der Waals surface area contributed by atoms with Crippen molar-refractivity contribution in [1.29, 1.82) is 0 Å². The Hall–Kier alpha value is 1.12. The van der Waals surface area contributed by atoms with Crippen LogP contribution in [-0.2, 0) is 0 Å². The number of halogens is 4. The molecule has 0 unspecified atom stereocenters. The Labute approximate surface area is 80.2 Å². The summed E-state index contributed by atoms with van der Waals surface area (Å²) < 4.78 is -3.64. The molecule has 0 rings (SSSR count). The van der Waals surface area contributed by atoms with E-state index in [2.05, 4.69) is 0 Å². The molecule has 10 heavy (non-hydrogen) atoms. The molecule has 62 valence electrons. The van der Waals surface area contributed by atoms with Gasteiger partial charge in [0.15, 0.2) is 4.33 Å². The summed E-state index contributed by atoms with van der Waals surface area (Å²) in [4.78, 5) is 0. The fourth-order valence-electron chi connectivity index (χ4n) is 0.347. The standard InChI is InChI=1S/C5H8Cl4O/c1-3(2)4(6,7)5(8,9)10/h3,10H,1-2H3. The smallest absolute Gasteiger partial charge is 0.248 e. The quantitative estimate of drug-likeness (QED) is 0.717. The van der Waals surface area contributed by atoms with Crippen LogP contribution in [-0.4, -0.2) is 14.0 Å². The number of hydrogen-bond acceptors (Lipinski definition) is 1. The monoisotopic (exact) mass is 224 g/mol. The van der Waals surface area contributed by atoms with Crippen molar-refractivity contribution in [3.05, 3.63) is 0 Å². The van der Waals surface area contributed by atoms with E-state index in [1.54, 1.807) is 13.8 Å². The molecule has 0 amide bonds. The van der Waals surface area contributed by atoms with Gasteiger partial charge in [0.2, 0.25) is 4.52 Å². The first-order chi connectivity index (χ1) is 4.19. The molecule has 0 saturated heterocycles. The first kappa shape index (κ1) is 11.1. The van der Waals surface area contributed by atoms with Crippen LogP contribution in [0.1, 0.15) is 13.8 Å². The van der Waals surface area contributed by atoms with Gasteiger partial charge >= 0.3 is 0 Å². The van der Waals surface area contributed by atoms with Crippen molar-refractivity contribution in [3.8, 4) is 0 Å². The highest BCUT2D eigenvalue weighted by atomic mass is 35.5. The Morgan fingerprint density at radius 1 is 1.10 bits per heavy atom. The van der Waals surface area contributed by atoms with Gasteiger partial charge in [-0.05, 0) is 5.92 Å². The molecule has 0 fully saturated rings. The van der Waals surface area contributed by atoms with Crippen LogP contribution in [0.25, 0.3) is 0 Å². The Morgan fingerprint density at radius 3 is 1.40 bits per heavy atom. The minimum atomic E-state index is -2.11. The summed E-state index contributed by atoms with van der Waals surface area (Å²) in [6, 6.07) is 0. The van der Waals surface area contributed by atoms with Gasteiger partial charge in [-0.15, -0.1) is 0 Å². The summed E-state index contributed by atoms with van der Waals surface area (Å²) in [6.45, 7) is 3.41. The predicted molar refractivity (Wildman–Crippen MR) is 45.9 cm³/mol. The highest BCUT2D eigenvalue weighted by Crippen LogP contribution is 2.45. The van der Waals surface area contributed by atoms with Gasteiger partial charge in [0, 0.05) is 0 Å². The molecule has 0 aromatic heterocycles. The van der Waals surface area contributed by atoms with Crippen molar-refractivity contribution < 1.29 is 5.11 Å². The molecule has 0 spiro atoms. The minimum absolute atomic E-state index is 0.226. The van der Waals surface area contributed by atoms with Gasteiger partial charge in [-0.25, -0.2) is 0 Å². The van der Waals surface area contributed by atoms with Crippen molar-refractivity contribution in [3.63, 3.8) is 0 Å². The van der Waals surface area contributed by atoms with Crippen molar-refractivity contribution >= 4 is 46.4 Å². The van der Waals surface area contributed by atoms with Crippen molar-refractivity contribution in [1.82, 2.24) is 0 Å². The zero-order valence-corrected chi connectivity index (χ0v) is 8.56. The Balaban J connectivity index is 4.40. The number of alkyl halides is 4. The second kappa shape index (κ2) is 3.24. The van der Waals surface area contributed by atoms with Gasteiger partial charge < -0.3 is 5.11 Å². The van der Waals surface area contributed by atoms with Crippen LogP contribution < -0.4 is 0 Å². The van der Waals surface area contributed by atoms with Crippen molar-refractivity contribution in [2.24, 2.45) is 5.92 Å². The van der Waals surface area contributed by atoms with E-state index in [4.69, 9.17) is 51.5 Å². The summed E-state index contributed by atoms with van der Waals surface area (Å²) in [5.74, 6) is -0.226. The molecule has 0 aliphatic carbocycles. The average molecular weight is 226 g/mol. The molecule has 5 heteroatoms. The molecule has 0 aliphatic rings. The van der Waals surface area contributed by atoms with Gasteiger partial charge in [-0.3, -0.25) is 0 Å². The lowest BCUT2D eigenvalue weighted by Crippen LogP contribution is -2.40. The van der Waals surface area contributed by atoms with E-state index < -0.39 is 8.85 Å². The lowest BCUT2D eigenvalue weighted by molar-refractivity contribution is 0.174. The maximum absolute atomic E-state index is 8.98. The van der Waals surface area contributed by atoms with E-state index in [9.17, 15) is 0 Å². The molecule has 1 nitrogen and oxygen atoms in total. The van der Waals surface area contributed by atoms with E-state index in [1.165, 1.54) is 0 Å². The Morgan fingerprint density at radius 2 is 1.40 bits per heavy atom. The van der Waals surface area contributed by atoms with E-state index in [0.29, 0.717) is 0 Å². The highest BCUT2D eigenvalue weighted by molar-refractivity contribution is 6.61. The van der Waals surface area contributed by atoms with Crippen LogP contribution >= 0.6 is 46.4 Å². The molecule has 0 heterocycles. The van der Waals surface area contributed by atoms with Crippen LogP contribution in [0.2, 0.25) is 0 Å². The number of rotatable bonds is 2. The van der Waals surface area contributed by atoms with Crippen LogP contribution in [0.5, 0.6) is 0 Å². The largest absolute Gasteiger partial charge is 0.360 e. The van der Waals surface area contributed by atoms with E-state index >= 15 is 0 Å². The van der Waals surface area contributed by atoms with E-state index in [1.807, 2.05) is 0 Å². The van der Waals surface area contributed by atoms with Crippen LogP contribution in [0.15, 0.2) is 0 Å².